The molecule has 19 heavy (non-hydrogen) atoms. The number of hydrogen-bond acceptors (Lipinski definition) is 5. The highest BCUT2D eigenvalue weighted by Gasteiger charge is 2.23. The third-order valence-electron chi connectivity index (χ3n) is 3.48. The van der Waals surface area contributed by atoms with Gasteiger partial charge in [0.2, 0.25) is 0 Å². The van der Waals surface area contributed by atoms with Crippen LogP contribution in [0.15, 0.2) is 18.2 Å². The lowest BCUT2D eigenvalue weighted by Crippen LogP contribution is -2.52. The Balaban J connectivity index is 2.01. The van der Waals surface area contributed by atoms with Gasteiger partial charge in [0.05, 0.1) is 12.3 Å². The fourth-order valence-electron chi connectivity index (χ4n) is 2.27. The Kier molecular flexibility index (Phi) is 4.47. The van der Waals surface area contributed by atoms with E-state index >= 15 is 0 Å². The summed E-state index contributed by atoms with van der Waals surface area (Å²) >= 11 is 0. The predicted molar refractivity (Wildman–Crippen MR) is 70.0 cm³/mol. The summed E-state index contributed by atoms with van der Waals surface area (Å²) in [5, 5.41) is 18.2. The van der Waals surface area contributed by atoms with Crippen LogP contribution in [0.4, 0.5) is 0 Å². The first-order chi connectivity index (χ1) is 9.10. The number of carboxylic acids is 1. The fourth-order valence-corrected chi connectivity index (χ4v) is 2.27. The van der Waals surface area contributed by atoms with Crippen LogP contribution in [0, 0.1) is 0 Å². The molecule has 1 aliphatic rings. The summed E-state index contributed by atoms with van der Waals surface area (Å²) < 4.78 is 0. The molecule has 1 aliphatic heterocycles. The van der Waals surface area contributed by atoms with Gasteiger partial charge in [0.15, 0.2) is 0 Å². The van der Waals surface area contributed by atoms with Crippen molar-refractivity contribution in [3.05, 3.63) is 29.6 Å². The first-order valence-electron chi connectivity index (χ1n) is 6.33. The molecule has 6 heteroatoms. The Morgan fingerprint density at radius 2 is 2.26 bits per heavy atom. The minimum atomic E-state index is -1.01. The van der Waals surface area contributed by atoms with Crippen LogP contribution < -0.4 is 0 Å². The Hall–Kier alpha value is -1.50. The number of aliphatic hydroxyl groups is 1. The molecule has 0 unspecified atom stereocenters. The second-order valence-corrected chi connectivity index (χ2v) is 4.87. The molecule has 1 fully saturated rings. The van der Waals surface area contributed by atoms with Crippen LogP contribution in [0.2, 0.25) is 0 Å². The monoisotopic (exact) mass is 265 g/mol. The highest BCUT2D eigenvalue weighted by Crippen LogP contribution is 2.11. The van der Waals surface area contributed by atoms with E-state index in [9.17, 15) is 9.90 Å². The van der Waals surface area contributed by atoms with Gasteiger partial charge in [-0.15, -0.1) is 0 Å². The molecule has 0 radical (unpaired) electrons. The van der Waals surface area contributed by atoms with E-state index in [2.05, 4.69) is 14.8 Å². The summed E-state index contributed by atoms with van der Waals surface area (Å²) in [6.07, 6.45) is 0. The summed E-state index contributed by atoms with van der Waals surface area (Å²) in [5.74, 6) is -1.01. The van der Waals surface area contributed by atoms with Gasteiger partial charge in [-0.25, -0.2) is 9.78 Å². The third kappa shape index (κ3) is 3.50. The normalized spacial score (nSPS) is 21.5. The van der Waals surface area contributed by atoms with Gasteiger partial charge in [-0.3, -0.25) is 9.80 Å². The number of nitrogens with zero attached hydrogens (tertiary/aromatic N) is 3. The van der Waals surface area contributed by atoms with Crippen LogP contribution in [0.3, 0.4) is 0 Å². The number of carbonyl (C=O) groups is 1. The zero-order chi connectivity index (χ0) is 13.8. The Morgan fingerprint density at radius 3 is 2.95 bits per heavy atom. The van der Waals surface area contributed by atoms with E-state index in [1.807, 2.05) is 13.1 Å². The molecular weight excluding hydrogens is 246 g/mol. The molecule has 104 valence electrons. The quantitative estimate of drug-likeness (QED) is 0.791. The first-order valence-corrected chi connectivity index (χ1v) is 6.33. The van der Waals surface area contributed by atoms with Crippen molar-refractivity contribution in [1.82, 2.24) is 14.8 Å². The smallest absolute Gasteiger partial charge is 0.354 e. The molecule has 0 saturated carbocycles. The first kappa shape index (κ1) is 13.9. The van der Waals surface area contributed by atoms with Gasteiger partial charge < -0.3 is 10.2 Å². The fraction of sp³-hybridized carbons (Fsp3) is 0.538. The number of aromatic carboxylic acids is 1. The Morgan fingerprint density at radius 1 is 1.47 bits per heavy atom. The lowest BCUT2D eigenvalue weighted by molar-refractivity contribution is 0.0533. The maximum absolute atomic E-state index is 10.9. The van der Waals surface area contributed by atoms with Crippen LogP contribution >= 0.6 is 0 Å². The summed E-state index contributed by atoms with van der Waals surface area (Å²) in [6.45, 7) is 3.31. The Labute approximate surface area is 112 Å². The van der Waals surface area contributed by atoms with E-state index in [4.69, 9.17) is 5.11 Å². The van der Waals surface area contributed by atoms with Gasteiger partial charge in [0, 0.05) is 32.2 Å². The maximum Gasteiger partial charge on any atom is 0.354 e. The standard InChI is InChI=1S/C13H19N3O3/c1-15-5-6-16(8-11(15)9-17)7-10-3-2-4-12(14-10)13(18)19/h2-4,11,17H,5-9H2,1H3,(H,18,19)/t11-/m0/s1. The van der Waals surface area contributed by atoms with Crippen molar-refractivity contribution in [3.8, 4) is 0 Å². The number of carboxylic acid groups (broad SMARTS) is 1. The molecule has 1 atom stereocenters. The molecule has 2 heterocycles. The number of likely N-dealkylation sites (N-methyl/N-ethyl adjacent to an activating group) is 1. The van der Waals surface area contributed by atoms with Crippen molar-refractivity contribution in [3.63, 3.8) is 0 Å². The highest BCUT2D eigenvalue weighted by molar-refractivity contribution is 5.85. The molecule has 0 bridgehead atoms. The summed E-state index contributed by atoms with van der Waals surface area (Å²) in [7, 11) is 2.00. The lowest BCUT2D eigenvalue weighted by atomic mass is 10.2. The highest BCUT2D eigenvalue weighted by atomic mass is 16.4. The van der Waals surface area contributed by atoms with E-state index in [-0.39, 0.29) is 18.3 Å². The van der Waals surface area contributed by atoms with E-state index in [0.717, 1.165) is 25.3 Å². The molecule has 1 aromatic heterocycles. The molecule has 0 spiro atoms. The summed E-state index contributed by atoms with van der Waals surface area (Å²) in [6, 6.07) is 5.17. The maximum atomic E-state index is 10.9. The Bertz CT molecular complexity index is 453. The second kappa shape index (κ2) is 6.10. The molecule has 2 rings (SSSR count). The van der Waals surface area contributed by atoms with E-state index in [1.54, 1.807) is 6.07 Å². The zero-order valence-corrected chi connectivity index (χ0v) is 11.0. The largest absolute Gasteiger partial charge is 0.477 e. The minimum Gasteiger partial charge on any atom is -0.477 e. The summed E-state index contributed by atoms with van der Waals surface area (Å²) in [5.41, 5.74) is 0.825. The van der Waals surface area contributed by atoms with Crippen LogP contribution in [0.25, 0.3) is 0 Å². The zero-order valence-electron chi connectivity index (χ0n) is 11.0. The van der Waals surface area contributed by atoms with Gasteiger partial charge in [-0.05, 0) is 19.2 Å². The van der Waals surface area contributed by atoms with Gasteiger partial charge >= 0.3 is 5.97 Å². The third-order valence-corrected chi connectivity index (χ3v) is 3.48. The molecule has 1 saturated heterocycles. The molecule has 0 amide bonds. The van der Waals surface area contributed by atoms with Crippen molar-refractivity contribution in [1.29, 1.82) is 0 Å². The second-order valence-electron chi connectivity index (χ2n) is 4.87. The number of aliphatic hydroxyl groups excluding tert-OH is 1. The molecule has 0 aromatic carbocycles. The SMILES string of the molecule is CN1CCN(Cc2cccc(C(=O)O)n2)C[C@H]1CO. The number of aromatic nitrogens is 1. The molecule has 1 aromatic rings. The van der Waals surface area contributed by atoms with Crippen molar-refractivity contribution in [2.24, 2.45) is 0 Å². The summed E-state index contributed by atoms with van der Waals surface area (Å²) in [4.78, 5) is 19.3. The van der Waals surface area contributed by atoms with Gasteiger partial charge in [-0.2, -0.15) is 0 Å². The van der Waals surface area contributed by atoms with Crippen LogP contribution in [0.5, 0.6) is 0 Å². The number of hydrogen-bond donors (Lipinski definition) is 2. The van der Waals surface area contributed by atoms with Crippen molar-refractivity contribution >= 4 is 5.97 Å². The topological polar surface area (TPSA) is 76.9 Å². The lowest BCUT2D eigenvalue weighted by Gasteiger charge is -2.38. The average molecular weight is 265 g/mol. The minimum absolute atomic E-state index is 0.0744. The number of rotatable bonds is 4. The number of pyridine rings is 1. The van der Waals surface area contributed by atoms with Gasteiger partial charge in [0.25, 0.3) is 0 Å². The van der Waals surface area contributed by atoms with Gasteiger partial charge in [0.1, 0.15) is 5.69 Å². The average Bonchev–Trinajstić information content (AvgIpc) is 2.41. The molecular formula is C13H19N3O3. The van der Waals surface area contributed by atoms with Crippen molar-refractivity contribution < 1.29 is 15.0 Å². The van der Waals surface area contributed by atoms with Crippen LogP contribution in [-0.4, -0.2) is 70.3 Å². The molecule has 2 N–H and O–H groups in total. The van der Waals surface area contributed by atoms with Crippen LogP contribution in [-0.2, 0) is 6.54 Å². The molecule has 0 aliphatic carbocycles. The molecule has 6 nitrogen and oxygen atoms in total. The van der Waals surface area contributed by atoms with Gasteiger partial charge in [-0.1, -0.05) is 6.07 Å². The van der Waals surface area contributed by atoms with Crippen molar-refractivity contribution in [2.45, 2.75) is 12.6 Å². The van der Waals surface area contributed by atoms with Crippen LogP contribution in [0.1, 0.15) is 16.2 Å². The van der Waals surface area contributed by atoms with E-state index in [1.165, 1.54) is 6.07 Å². The number of piperazine rings is 1. The van der Waals surface area contributed by atoms with Crippen molar-refractivity contribution in [2.75, 3.05) is 33.3 Å². The predicted octanol–water partition coefficient (Wildman–Crippen LogP) is -0.112. The van der Waals surface area contributed by atoms with E-state index < -0.39 is 5.97 Å². The van der Waals surface area contributed by atoms with E-state index in [0.29, 0.717) is 6.54 Å².